The van der Waals surface area contributed by atoms with Gasteiger partial charge >= 0.3 is 10.1 Å². The molecule has 180 valence electrons. The molecule has 0 radical (unpaired) electrons. The lowest BCUT2D eigenvalue weighted by Crippen LogP contribution is -2.45. The van der Waals surface area contributed by atoms with Crippen molar-refractivity contribution in [2.45, 2.75) is 49.6 Å². The van der Waals surface area contributed by atoms with E-state index in [1.807, 2.05) is 6.92 Å². The summed E-state index contributed by atoms with van der Waals surface area (Å²) >= 11 is 0. The number of carbonyl (C=O) groups excluding carboxylic acids is 1. The van der Waals surface area contributed by atoms with Crippen LogP contribution in [0.25, 0.3) is 0 Å². The van der Waals surface area contributed by atoms with Crippen LogP contribution in [0.1, 0.15) is 31.2 Å². The molecule has 9 heteroatoms. The summed E-state index contributed by atoms with van der Waals surface area (Å²) in [7, 11) is -3.89. The van der Waals surface area contributed by atoms with E-state index in [9.17, 15) is 18.5 Å². The molecule has 0 unspecified atom stereocenters. The van der Waals surface area contributed by atoms with E-state index in [4.69, 9.17) is 8.92 Å². The molecule has 2 aliphatic rings. The molecule has 2 fully saturated rings. The van der Waals surface area contributed by atoms with E-state index in [0.717, 1.165) is 37.8 Å². The highest BCUT2D eigenvalue weighted by Crippen LogP contribution is 2.25. The van der Waals surface area contributed by atoms with Crippen molar-refractivity contribution in [3.05, 3.63) is 54.1 Å². The van der Waals surface area contributed by atoms with Gasteiger partial charge in [-0.2, -0.15) is 13.7 Å². The molecular weight excluding hydrogens is 454 g/mol. The van der Waals surface area contributed by atoms with Gasteiger partial charge in [-0.25, -0.2) is 0 Å². The number of likely N-dealkylation sites (tertiary alicyclic amines) is 1. The number of hydrogen-bond donors (Lipinski definition) is 1. The van der Waals surface area contributed by atoms with E-state index in [0.29, 0.717) is 24.8 Å². The molecule has 2 aliphatic heterocycles. The fourth-order valence-electron chi connectivity index (χ4n) is 4.40. The van der Waals surface area contributed by atoms with Crippen molar-refractivity contribution in [3.8, 4) is 17.6 Å². The number of amides is 1. The van der Waals surface area contributed by atoms with Gasteiger partial charge in [0.25, 0.3) is 0 Å². The highest BCUT2D eigenvalue weighted by Gasteiger charge is 2.36. The topological polar surface area (TPSA) is 109 Å². The molecule has 0 aromatic heterocycles. The van der Waals surface area contributed by atoms with E-state index in [-0.39, 0.29) is 28.6 Å². The minimum atomic E-state index is -3.89. The Morgan fingerprint density at radius 1 is 1.15 bits per heavy atom. The summed E-state index contributed by atoms with van der Waals surface area (Å²) in [6.07, 6.45) is 3.17. The van der Waals surface area contributed by atoms with Crippen LogP contribution in [-0.4, -0.2) is 51.0 Å². The molecule has 1 N–H and O–H groups in total. The summed E-state index contributed by atoms with van der Waals surface area (Å²) in [6.45, 7) is 3.78. The highest BCUT2D eigenvalue weighted by atomic mass is 32.2. The van der Waals surface area contributed by atoms with Gasteiger partial charge in [-0.1, -0.05) is 17.7 Å². The van der Waals surface area contributed by atoms with Gasteiger partial charge in [-0.3, -0.25) is 4.79 Å². The monoisotopic (exact) mass is 483 g/mol. The minimum absolute atomic E-state index is 0.0312. The summed E-state index contributed by atoms with van der Waals surface area (Å²) in [6, 6.07) is 14.7. The number of nitrogens with zero attached hydrogens (tertiary/aromatic N) is 2. The van der Waals surface area contributed by atoms with E-state index in [1.165, 1.54) is 12.1 Å². The number of carbonyl (C=O) groups is 1. The summed E-state index contributed by atoms with van der Waals surface area (Å²) < 4.78 is 35.8. The fraction of sp³-hybridized carbons (Fsp3) is 0.440. The van der Waals surface area contributed by atoms with Crippen molar-refractivity contribution in [1.82, 2.24) is 10.2 Å². The first kappa shape index (κ1) is 24.0. The lowest BCUT2D eigenvalue weighted by atomic mass is 10.0. The summed E-state index contributed by atoms with van der Waals surface area (Å²) in [4.78, 5) is 14.5. The number of ether oxygens (including phenoxy) is 1. The van der Waals surface area contributed by atoms with Gasteiger partial charge in [0.2, 0.25) is 5.91 Å². The Morgan fingerprint density at radius 3 is 2.56 bits per heavy atom. The molecule has 0 spiro atoms. The molecule has 3 atom stereocenters. The zero-order valence-corrected chi connectivity index (χ0v) is 20.0. The second kappa shape index (κ2) is 10.5. The van der Waals surface area contributed by atoms with Crippen LogP contribution < -0.4 is 14.2 Å². The number of aryl methyl sites for hydroxylation is 1. The SMILES string of the molecule is Cc1ccc(S(=O)(=O)Oc2ccc(OCC[C@@H]3CN[C@@H](C(=O)N4CCC[C@H]4C#N)C3)cc2)cc1. The van der Waals surface area contributed by atoms with Crippen molar-refractivity contribution in [1.29, 1.82) is 5.26 Å². The van der Waals surface area contributed by atoms with E-state index >= 15 is 0 Å². The molecule has 0 aliphatic carbocycles. The van der Waals surface area contributed by atoms with E-state index < -0.39 is 10.1 Å². The fourth-order valence-corrected chi connectivity index (χ4v) is 5.33. The average Bonchev–Trinajstić information content (AvgIpc) is 3.49. The molecule has 0 bridgehead atoms. The summed E-state index contributed by atoms with van der Waals surface area (Å²) in [5.41, 5.74) is 0.968. The Kier molecular flexibility index (Phi) is 7.39. The van der Waals surface area contributed by atoms with Gasteiger partial charge in [0.15, 0.2) is 0 Å². The van der Waals surface area contributed by atoms with Gasteiger partial charge in [0.1, 0.15) is 22.4 Å². The predicted octanol–water partition coefficient (Wildman–Crippen LogP) is 3.02. The number of nitriles is 1. The normalized spacial score (nSPS) is 22.4. The highest BCUT2D eigenvalue weighted by molar-refractivity contribution is 7.87. The molecule has 4 rings (SSSR count). The van der Waals surface area contributed by atoms with Crippen LogP contribution in [-0.2, 0) is 14.9 Å². The van der Waals surface area contributed by atoms with Crippen LogP contribution in [0.5, 0.6) is 11.5 Å². The van der Waals surface area contributed by atoms with E-state index in [2.05, 4.69) is 11.4 Å². The molecule has 2 saturated heterocycles. The van der Waals surface area contributed by atoms with Gasteiger partial charge in [-0.05, 0) is 81.5 Å². The van der Waals surface area contributed by atoms with Crippen LogP contribution in [0.2, 0.25) is 0 Å². The largest absolute Gasteiger partial charge is 0.494 e. The molecule has 34 heavy (non-hydrogen) atoms. The molecule has 1 amide bonds. The van der Waals surface area contributed by atoms with Crippen LogP contribution in [0.4, 0.5) is 0 Å². The third-order valence-corrected chi connectivity index (χ3v) is 7.60. The molecule has 2 aromatic carbocycles. The predicted molar refractivity (Wildman–Crippen MR) is 126 cm³/mol. The van der Waals surface area contributed by atoms with Crippen LogP contribution in [0.3, 0.4) is 0 Å². The van der Waals surface area contributed by atoms with Gasteiger partial charge in [-0.15, -0.1) is 0 Å². The first-order valence-corrected chi connectivity index (χ1v) is 12.9. The van der Waals surface area contributed by atoms with Crippen molar-refractivity contribution in [2.75, 3.05) is 19.7 Å². The van der Waals surface area contributed by atoms with Crippen molar-refractivity contribution in [2.24, 2.45) is 5.92 Å². The van der Waals surface area contributed by atoms with Gasteiger partial charge in [0.05, 0.1) is 18.7 Å². The second-order valence-corrected chi connectivity index (χ2v) is 10.4. The maximum absolute atomic E-state index is 12.7. The van der Waals surface area contributed by atoms with Crippen molar-refractivity contribution in [3.63, 3.8) is 0 Å². The van der Waals surface area contributed by atoms with Crippen molar-refractivity contribution >= 4 is 16.0 Å². The smallest absolute Gasteiger partial charge is 0.339 e. The third kappa shape index (κ3) is 5.69. The Morgan fingerprint density at radius 2 is 1.85 bits per heavy atom. The quantitative estimate of drug-likeness (QED) is 0.575. The first-order valence-electron chi connectivity index (χ1n) is 11.5. The van der Waals surface area contributed by atoms with Crippen molar-refractivity contribution < 1.29 is 22.1 Å². The zero-order chi connectivity index (χ0) is 24.1. The molecule has 8 nitrogen and oxygen atoms in total. The van der Waals surface area contributed by atoms with Crippen LogP contribution >= 0.6 is 0 Å². The third-order valence-electron chi connectivity index (χ3n) is 6.34. The Bertz CT molecular complexity index is 1140. The second-order valence-electron chi connectivity index (χ2n) is 8.84. The zero-order valence-electron chi connectivity index (χ0n) is 19.1. The van der Waals surface area contributed by atoms with E-state index in [1.54, 1.807) is 41.3 Å². The maximum atomic E-state index is 12.7. The molecular formula is C25H29N3O5S. The maximum Gasteiger partial charge on any atom is 0.339 e. The Labute approximate surface area is 200 Å². The average molecular weight is 484 g/mol. The standard InChI is InChI=1S/C25H29N3O5S/c1-18-4-10-23(11-5-18)34(30,31)33-22-8-6-21(7-9-22)32-14-12-19-15-24(27-17-19)25(29)28-13-2-3-20(28)16-26/h4-11,19-20,24,27H,2-3,12-15,17H2,1H3/t19-,20-,24+/m0/s1. The number of benzene rings is 2. The first-order chi connectivity index (χ1) is 16.4. The number of hydrogen-bond acceptors (Lipinski definition) is 7. The summed E-state index contributed by atoms with van der Waals surface area (Å²) in [5, 5.41) is 12.5. The number of rotatable bonds is 8. The number of nitrogens with one attached hydrogen (secondary N) is 1. The van der Waals surface area contributed by atoms with Crippen LogP contribution in [0, 0.1) is 24.2 Å². The molecule has 0 saturated carbocycles. The van der Waals surface area contributed by atoms with Crippen LogP contribution in [0.15, 0.2) is 53.4 Å². The Balaban J connectivity index is 1.22. The Hall–Kier alpha value is -3.09. The lowest BCUT2D eigenvalue weighted by molar-refractivity contribution is -0.133. The lowest BCUT2D eigenvalue weighted by Gasteiger charge is -2.23. The minimum Gasteiger partial charge on any atom is -0.494 e. The van der Waals surface area contributed by atoms with Gasteiger partial charge in [0, 0.05) is 6.54 Å². The summed E-state index contributed by atoms with van der Waals surface area (Å²) in [5.74, 6) is 1.18. The molecule has 2 heterocycles. The molecule has 2 aromatic rings. The van der Waals surface area contributed by atoms with Gasteiger partial charge < -0.3 is 19.1 Å².